The monoisotopic (exact) mass is 192 g/mol. The van der Waals surface area contributed by atoms with Crippen LogP contribution in [0, 0.1) is 5.41 Å². The Morgan fingerprint density at radius 1 is 1.17 bits per heavy atom. The zero-order valence-corrected chi connectivity index (χ0v) is 9.12. The van der Waals surface area contributed by atoms with Gasteiger partial charge in [-0.1, -0.05) is 33.6 Å². The summed E-state index contributed by atoms with van der Waals surface area (Å²) in [5, 5.41) is 0. The summed E-state index contributed by atoms with van der Waals surface area (Å²) in [6.45, 7) is 6.66. The molecular formula is C9H20O2S. The van der Waals surface area contributed by atoms with Gasteiger partial charge in [0, 0.05) is 5.75 Å². The summed E-state index contributed by atoms with van der Waals surface area (Å²) in [7, 11) is 0. The summed E-state index contributed by atoms with van der Waals surface area (Å²) in [4.78, 5) is 0. The van der Waals surface area contributed by atoms with Crippen molar-refractivity contribution in [1.29, 1.82) is 0 Å². The van der Waals surface area contributed by atoms with E-state index < -0.39 is 11.1 Å². The van der Waals surface area contributed by atoms with Crippen LogP contribution in [0.4, 0.5) is 0 Å². The minimum Gasteiger partial charge on any atom is -0.306 e. The van der Waals surface area contributed by atoms with E-state index >= 15 is 0 Å². The Balaban J connectivity index is 3.17. The highest BCUT2D eigenvalue weighted by Crippen LogP contribution is 2.21. The molecule has 0 heterocycles. The van der Waals surface area contributed by atoms with Crippen molar-refractivity contribution >= 4 is 11.1 Å². The van der Waals surface area contributed by atoms with Crippen LogP contribution in [0.25, 0.3) is 0 Å². The van der Waals surface area contributed by atoms with Crippen LogP contribution in [0.3, 0.4) is 0 Å². The molecule has 0 aliphatic carbocycles. The number of unbranched alkanes of at least 4 members (excludes halogenated alkanes) is 2. The lowest BCUT2D eigenvalue weighted by Crippen LogP contribution is -2.04. The van der Waals surface area contributed by atoms with Gasteiger partial charge in [-0.25, -0.2) is 4.21 Å². The van der Waals surface area contributed by atoms with E-state index in [2.05, 4.69) is 20.8 Å². The summed E-state index contributed by atoms with van der Waals surface area (Å²) in [5.74, 6) is 0.435. The van der Waals surface area contributed by atoms with Gasteiger partial charge in [0.25, 0.3) is 0 Å². The first kappa shape index (κ1) is 12.1. The maximum Gasteiger partial charge on any atom is 0.152 e. The van der Waals surface area contributed by atoms with Crippen LogP contribution < -0.4 is 0 Å². The van der Waals surface area contributed by atoms with Crippen molar-refractivity contribution in [2.75, 3.05) is 5.75 Å². The normalized spacial score (nSPS) is 14.7. The van der Waals surface area contributed by atoms with Gasteiger partial charge < -0.3 is 4.55 Å². The summed E-state index contributed by atoms with van der Waals surface area (Å²) in [6, 6.07) is 0. The molecule has 0 aliphatic heterocycles. The zero-order valence-electron chi connectivity index (χ0n) is 8.30. The Labute approximate surface area is 78.0 Å². The zero-order chi connectivity index (χ0) is 9.61. The van der Waals surface area contributed by atoms with Crippen LogP contribution in [0.15, 0.2) is 0 Å². The van der Waals surface area contributed by atoms with Crippen molar-refractivity contribution in [3.8, 4) is 0 Å². The molecular weight excluding hydrogens is 172 g/mol. The van der Waals surface area contributed by atoms with E-state index in [0.29, 0.717) is 11.2 Å². The predicted molar refractivity (Wildman–Crippen MR) is 53.6 cm³/mol. The molecule has 0 amide bonds. The SMILES string of the molecule is CC(C)(C)CCCCCS(=O)O. The highest BCUT2D eigenvalue weighted by molar-refractivity contribution is 7.79. The smallest absolute Gasteiger partial charge is 0.152 e. The van der Waals surface area contributed by atoms with Gasteiger partial charge in [0.2, 0.25) is 0 Å². The Morgan fingerprint density at radius 3 is 2.17 bits per heavy atom. The molecule has 0 aromatic heterocycles. The summed E-state index contributed by atoms with van der Waals surface area (Å²) < 4.78 is 18.8. The minimum atomic E-state index is -1.59. The molecule has 0 radical (unpaired) electrons. The fourth-order valence-electron chi connectivity index (χ4n) is 1.06. The lowest BCUT2D eigenvalue weighted by molar-refractivity contribution is 0.359. The Kier molecular flexibility index (Phi) is 5.76. The second kappa shape index (κ2) is 5.70. The van der Waals surface area contributed by atoms with E-state index in [1.807, 2.05) is 0 Å². The minimum absolute atomic E-state index is 0.401. The van der Waals surface area contributed by atoms with Crippen LogP contribution in [0.5, 0.6) is 0 Å². The first-order valence-corrected chi connectivity index (χ1v) is 5.77. The molecule has 0 rings (SSSR count). The lowest BCUT2D eigenvalue weighted by Gasteiger charge is -2.17. The number of hydrogen-bond donors (Lipinski definition) is 1. The van der Waals surface area contributed by atoms with E-state index in [1.165, 1.54) is 12.8 Å². The molecule has 1 N–H and O–H groups in total. The second-order valence-electron chi connectivity index (χ2n) is 4.40. The Morgan fingerprint density at radius 2 is 1.75 bits per heavy atom. The fraction of sp³-hybridized carbons (Fsp3) is 1.00. The molecule has 0 saturated heterocycles. The van der Waals surface area contributed by atoms with Crippen LogP contribution in [0.1, 0.15) is 46.5 Å². The van der Waals surface area contributed by atoms with Gasteiger partial charge in [0.15, 0.2) is 11.1 Å². The molecule has 0 aromatic rings. The summed E-state index contributed by atoms with van der Waals surface area (Å²) in [5.41, 5.74) is 0.401. The first-order valence-electron chi connectivity index (χ1n) is 4.49. The van der Waals surface area contributed by atoms with Gasteiger partial charge in [-0.2, -0.15) is 0 Å². The number of rotatable bonds is 5. The second-order valence-corrected chi connectivity index (χ2v) is 5.45. The molecule has 74 valence electrons. The Hall–Kier alpha value is 0.110. The lowest BCUT2D eigenvalue weighted by atomic mass is 9.90. The summed E-state index contributed by atoms with van der Waals surface area (Å²) >= 11 is -1.59. The predicted octanol–water partition coefficient (Wildman–Crippen LogP) is 2.81. The highest BCUT2D eigenvalue weighted by Gasteiger charge is 2.08. The maximum absolute atomic E-state index is 10.3. The number of hydrogen-bond acceptors (Lipinski definition) is 1. The molecule has 12 heavy (non-hydrogen) atoms. The first-order chi connectivity index (χ1) is 5.42. The molecule has 0 bridgehead atoms. The third kappa shape index (κ3) is 10.1. The topological polar surface area (TPSA) is 37.3 Å². The molecule has 0 aliphatic rings. The van der Waals surface area contributed by atoms with E-state index in [4.69, 9.17) is 4.55 Å². The molecule has 3 heteroatoms. The van der Waals surface area contributed by atoms with Gasteiger partial charge in [0.1, 0.15) is 0 Å². The average molecular weight is 192 g/mol. The maximum atomic E-state index is 10.3. The van der Waals surface area contributed by atoms with Crippen molar-refractivity contribution in [3.05, 3.63) is 0 Å². The van der Waals surface area contributed by atoms with Crippen LogP contribution in [-0.4, -0.2) is 14.5 Å². The van der Waals surface area contributed by atoms with E-state index in [9.17, 15) is 4.21 Å². The highest BCUT2D eigenvalue weighted by atomic mass is 32.2. The van der Waals surface area contributed by atoms with Crippen molar-refractivity contribution in [3.63, 3.8) is 0 Å². The average Bonchev–Trinajstić information content (AvgIpc) is 1.83. The van der Waals surface area contributed by atoms with Gasteiger partial charge in [-0.15, -0.1) is 0 Å². The van der Waals surface area contributed by atoms with Gasteiger partial charge >= 0.3 is 0 Å². The third-order valence-corrected chi connectivity index (χ3v) is 2.38. The van der Waals surface area contributed by atoms with Crippen molar-refractivity contribution in [2.45, 2.75) is 46.5 Å². The molecule has 0 saturated carbocycles. The third-order valence-electron chi connectivity index (χ3n) is 1.75. The molecule has 0 fully saturated rings. The van der Waals surface area contributed by atoms with Gasteiger partial charge in [-0.05, 0) is 18.3 Å². The van der Waals surface area contributed by atoms with Gasteiger partial charge in [-0.3, -0.25) is 0 Å². The van der Waals surface area contributed by atoms with E-state index in [0.717, 1.165) is 12.8 Å². The Bertz CT molecular complexity index is 138. The largest absolute Gasteiger partial charge is 0.306 e. The van der Waals surface area contributed by atoms with E-state index in [-0.39, 0.29) is 0 Å². The van der Waals surface area contributed by atoms with E-state index in [1.54, 1.807) is 0 Å². The van der Waals surface area contributed by atoms with Crippen molar-refractivity contribution in [2.24, 2.45) is 5.41 Å². The quantitative estimate of drug-likeness (QED) is 0.537. The summed E-state index contributed by atoms with van der Waals surface area (Å²) in [6.07, 6.45) is 4.31. The molecule has 2 nitrogen and oxygen atoms in total. The molecule has 0 spiro atoms. The van der Waals surface area contributed by atoms with Crippen molar-refractivity contribution in [1.82, 2.24) is 0 Å². The molecule has 1 atom stereocenters. The van der Waals surface area contributed by atoms with Crippen LogP contribution >= 0.6 is 0 Å². The molecule has 0 aromatic carbocycles. The molecule has 1 unspecified atom stereocenters. The van der Waals surface area contributed by atoms with Crippen LogP contribution in [0.2, 0.25) is 0 Å². The fourth-order valence-corrected chi connectivity index (χ4v) is 1.51. The van der Waals surface area contributed by atoms with Crippen molar-refractivity contribution < 1.29 is 8.76 Å². The van der Waals surface area contributed by atoms with Gasteiger partial charge in [0.05, 0.1) is 0 Å². The standard InChI is InChI=1S/C9H20O2S/c1-9(2,3)7-5-4-6-8-12(10)11/h4-8H2,1-3H3,(H,10,11). The van der Waals surface area contributed by atoms with Crippen LogP contribution in [-0.2, 0) is 11.1 Å².